The first-order valence-electron chi connectivity index (χ1n) is 9.00. The predicted octanol–water partition coefficient (Wildman–Crippen LogP) is 5.07. The van der Waals surface area contributed by atoms with Gasteiger partial charge in [0.1, 0.15) is 12.1 Å². The molecule has 0 amide bonds. The van der Waals surface area contributed by atoms with Gasteiger partial charge in [-0.3, -0.25) is 0 Å². The van der Waals surface area contributed by atoms with Gasteiger partial charge in [-0.2, -0.15) is 0 Å². The number of ether oxygens (including phenoxy) is 1. The molecule has 1 saturated heterocycles. The molecule has 1 aliphatic heterocycles. The quantitative estimate of drug-likeness (QED) is 0.334. The molecule has 1 aromatic heterocycles. The number of oxazole rings is 1. The third-order valence-corrected chi connectivity index (χ3v) is 5.42. The normalized spacial score (nSPS) is 21.9. The zero-order valence-electron chi connectivity index (χ0n) is 15.2. The third kappa shape index (κ3) is 3.86. The second-order valence-corrected chi connectivity index (χ2v) is 7.83. The summed E-state index contributed by atoms with van der Waals surface area (Å²) in [5.41, 5.74) is 2.05. The molecule has 0 spiro atoms. The fourth-order valence-corrected chi connectivity index (χ4v) is 3.91. The van der Waals surface area contributed by atoms with E-state index in [-0.39, 0.29) is 10.8 Å². The van der Waals surface area contributed by atoms with Crippen LogP contribution in [0.15, 0.2) is 40.8 Å². The molecule has 8 heteroatoms. The van der Waals surface area contributed by atoms with Crippen LogP contribution in [0, 0.1) is 5.21 Å². The van der Waals surface area contributed by atoms with E-state index in [0.717, 1.165) is 0 Å². The molecule has 4 rings (SSSR count). The first kappa shape index (κ1) is 19.2. The Morgan fingerprint density at radius 1 is 1.29 bits per heavy atom. The summed E-state index contributed by atoms with van der Waals surface area (Å²) < 4.78 is 11.0. The smallest absolute Gasteiger partial charge is 0.338 e. The largest absolute Gasteiger partial charge is 0.633 e. The molecule has 1 aliphatic rings. The minimum atomic E-state index is -0.472. The number of likely N-dealkylation sites (N-methyl/N-ethyl adjacent to an activating group) is 1. The molecule has 0 N–H and O–H groups in total. The predicted molar refractivity (Wildman–Crippen MR) is 107 cm³/mol. The van der Waals surface area contributed by atoms with Crippen molar-refractivity contribution in [2.24, 2.45) is 0 Å². The van der Waals surface area contributed by atoms with Gasteiger partial charge in [-0.15, -0.1) is 0 Å². The van der Waals surface area contributed by atoms with Crippen LogP contribution in [0.3, 0.4) is 0 Å². The summed E-state index contributed by atoms with van der Waals surface area (Å²) in [4.78, 5) is 16.9. The van der Waals surface area contributed by atoms with E-state index in [1.54, 1.807) is 36.4 Å². The average molecular weight is 421 g/mol. The molecule has 2 heterocycles. The SMILES string of the molecule is CC[N+]1([O-])CCC(OC(=O)c2ccc3nc(-c4cc(Cl)cc(Cl)c4)oc3c2)C1. The number of hydrogen-bond acceptors (Lipinski definition) is 5. The van der Waals surface area contributed by atoms with Gasteiger partial charge in [0.2, 0.25) is 5.89 Å². The molecule has 0 saturated carbocycles. The number of benzene rings is 2. The van der Waals surface area contributed by atoms with Crippen molar-refractivity contribution in [1.82, 2.24) is 4.98 Å². The van der Waals surface area contributed by atoms with Crippen molar-refractivity contribution in [3.63, 3.8) is 0 Å². The van der Waals surface area contributed by atoms with Gasteiger partial charge in [0.15, 0.2) is 11.7 Å². The van der Waals surface area contributed by atoms with Gasteiger partial charge in [0, 0.05) is 22.0 Å². The van der Waals surface area contributed by atoms with Crippen LogP contribution in [0.5, 0.6) is 0 Å². The van der Waals surface area contributed by atoms with E-state index in [2.05, 4.69) is 4.98 Å². The molecular weight excluding hydrogens is 403 g/mol. The molecule has 146 valence electrons. The van der Waals surface area contributed by atoms with Gasteiger partial charge in [0.25, 0.3) is 0 Å². The Balaban J connectivity index is 1.55. The topological polar surface area (TPSA) is 75.4 Å². The van der Waals surface area contributed by atoms with Crippen LogP contribution in [0.1, 0.15) is 23.7 Å². The number of hydroxylamine groups is 3. The fraction of sp³-hybridized carbons (Fsp3) is 0.300. The van der Waals surface area contributed by atoms with E-state index in [9.17, 15) is 10.0 Å². The van der Waals surface area contributed by atoms with E-state index < -0.39 is 5.97 Å². The third-order valence-electron chi connectivity index (χ3n) is 4.98. The van der Waals surface area contributed by atoms with Crippen LogP contribution in [0.2, 0.25) is 10.0 Å². The number of quaternary nitrogens is 1. The molecule has 2 aromatic carbocycles. The summed E-state index contributed by atoms with van der Waals surface area (Å²) >= 11 is 12.1. The Kier molecular flexibility index (Phi) is 5.05. The standard InChI is InChI=1S/C20H18Cl2N2O4/c1-2-24(26)6-5-16(11-24)27-20(25)12-3-4-17-18(9-12)28-19(23-17)13-7-14(21)10-15(22)8-13/h3-4,7-10,16H,2,5-6,11H2,1H3. The van der Waals surface area contributed by atoms with Gasteiger partial charge in [-0.05, 0) is 43.3 Å². The van der Waals surface area contributed by atoms with Crippen LogP contribution in [0.25, 0.3) is 22.6 Å². The zero-order chi connectivity index (χ0) is 19.9. The van der Waals surface area contributed by atoms with Gasteiger partial charge >= 0.3 is 5.97 Å². The molecule has 0 bridgehead atoms. The van der Waals surface area contributed by atoms with Crippen LogP contribution >= 0.6 is 23.2 Å². The van der Waals surface area contributed by atoms with E-state index >= 15 is 0 Å². The molecule has 28 heavy (non-hydrogen) atoms. The lowest BCUT2D eigenvalue weighted by Crippen LogP contribution is -2.40. The highest BCUT2D eigenvalue weighted by Gasteiger charge is 2.33. The highest BCUT2D eigenvalue weighted by Crippen LogP contribution is 2.30. The molecule has 3 aromatic rings. The average Bonchev–Trinajstić information content (AvgIpc) is 3.24. The van der Waals surface area contributed by atoms with Gasteiger partial charge in [-0.1, -0.05) is 23.2 Å². The lowest BCUT2D eigenvalue weighted by atomic mass is 10.2. The van der Waals surface area contributed by atoms with Crippen molar-refractivity contribution in [3.8, 4) is 11.5 Å². The molecule has 1 fully saturated rings. The molecular formula is C20H18Cl2N2O4. The van der Waals surface area contributed by atoms with Crippen molar-refractivity contribution in [2.45, 2.75) is 19.4 Å². The number of carbonyl (C=O) groups excluding carboxylic acids is 1. The molecule has 6 nitrogen and oxygen atoms in total. The van der Waals surface area contributed by atoms with Crippen LogP contribution < -0.4 is 0 Å². The maximum Gasteiger partial charge on any atom is 0.338 e. The first-order valence-corrected chi connectivity index (χ1v) is 9.76. The number of aromatic nitrogens is 1. The van der Waals surface area contributed by atoms with Gasteiger partial charge in [-0.25, -0.2) is 9.78 Å². The summed E-state index contributed by atoms with van der Waals surface area (Å²) in [5, 5.41) is 13.2. The number of esters is 1. The number of likely N-dealkylation sites (tertiary alicyclic amines) is 1. The minimum Gasteiger partial charge on any atom is -0.633 e. The Hall–Kier alpha value is -2.12. The zero-order valence-corrected chi connectivity index (χ0v) is 16.7. The second kappa shape index (κ2) is 7.37. The van der Waals surface area contributed by atoms with E-state index in [0.29, 0.717) is 64.2 Å². The molecule has 0 radical (unpaired) electrons. The summed E-state index contributed by atoms with van der Waals surface area (Å²) in [6.07, 6.45) is 0.215. The number of hydrogen-bond donors (Lipinski definition) is 0. The van der Waals surface area contributed by atoms with Crippen molar-refractivity contribution >= 4 is 40.3 Å². The van der Waals surface area contributed by atoms with Crippen LogP contribution in [-0.2, 0) is 4.74 Å². The Bertz CT molecular complexity index is 1030. The van der Waals surface area contributed by atoms with Crippen LogP contribution in [-0.4, -0.2) is 41.3 Å². The number of fused-ring (bicyclic) bond motifs is 1. The van der Waals surface area contributed by atoms with E-state index in [4.69, 9.17) is 32.4 Å². The van der Waals surface area contributed by atoms with Crippen molar-refractivity contribution in [3.05, 3.63) is 57.2 Å². The monoisotopic (exact) mass is 420 g/mol. The first-order chi connectivity index (χ1) is 13.3. The number of carbonyl (C=O) groups is 1. The maximum absolute atomic E-state index is 12.5. The van der Waals surface area contributed by atoms with E-state index in [1.807, 2.05) is 6.92 Å². The van der Waals surface area contributed by atoms with Gasteiger partial charge < -0.3 is 19.0 Å². The Labute approximate surface area is 171 Å². The molecule has 2 unspecified atom stereocenters. The van der Waals surface area contributed by atoms with Crippen LogP contribution in [0.4, 0.5) is 0 Å². The fourth-order valence-electron chi connectivity index (χ4n) is 3.39. The highest BCUT2D eigenvalue weighted by atomic mass is 35.5. The number of rotatable bonds is 4. The molecule has 2 atom stereocenters. The van der Waals surface area contributed by atoms with Crippen molar-refractivity contribution < 1.29 is 18.6 Å². The Morgan fingerprint density at radius 2 is 2.04 bits per heavy atom. The summed E-state index contributed by atoms with van der Waals surface area (Å²) in [6.45, 7) is 3.10. The van der Waals surface area contributed by atoms with Crippen molar-refractivity contribution in [2.75, 3.05) is 19.6 Å². The Morgan fingerprint density at radius 3 is 2.71 bits per heavy atom. The highest BCUT2D eigenvalue weighted by molar-refractivity contribution is 6.35. The number of halogens is 2. The summed E-state index contributed by atoms with van der Waals surface area (Å²) in [5.74, 6) is -0.114. The lowest BCUT2D eigenvalue weighted by Gasteiger charge is -2.37. The lowest BCUT2D eigenvalue weighted by molar-refractivity contribution is -0.867. The van der Waals surface area contributed by atoms with Gasteiger partial charge in [0.05, 0.1) is 18.7 Å². The van der Waals surface area contributed by atoms with Crippen molar-refractivity contribution in [1.29, 1.82) is 0 Å². The molecule has 0 aliphatic carbocycles. The second-order valence-electron chi connectivity index (χ2n) is 6.96. The number of nitrogens with zero attached hydrogens (tertiary/aromatic N) is 2. The maximum atomic E-state index is 12.5. The van der Waals surface area contributed by atoms with E-state index in [1.165, 1.54) is 0 Å². The summed E-state index contributed by atoms with van der Waals surface area (Å²) in [7, 11) is 0. The summed E-state index contributed by atoms with van der Waals surface area (Å²) in [6, 6.07) is 9.95. The minimum absolute atomic E-state index is 0.298.